The third-order valence-corrected chi connectivity index (χ3v) is 4.79. The second-order valence-electron chi connectivity index (χ2n) is 4.85. The number of ether oxygens (including phenoxy) is 1. The van der Waals surface area contributed by atoms with E-state index in [4.69, 9.17) is 4.74 Å². The fraction of sp³-hybridized carbons (Fsp3) is 0.111. The maximum absolute atomic E-state index is 12.5. The zero-order valence-corrected chi connectivity index (χ0v) is 12.6. The van der Waals surface area contributed by atoms with Gasteiger partial charge in [0, 0.05) is 11.6 Å². The largest absolute Gasteiger partial charge is 0.611 e. The van der Waals surface area contributed by atoms with Gasteiger partial charge in [0.05, 0.1) is 7.11 Å². The Hall–Kier alpha value is -1.97. The van der Waals surface area contributed by atoms with E-state index in [1.54, 1.807) is 7.11 Å². The number of rotatable bonds is 4. The molecule has 3 aromatic rings. The predicted octanol–water partition coefficient (Wildman–Crippen LogP) is 4.16. The van der Waals surface area contributed by atoms with Gasteiger partial charge in [0.25, 0.3) is 0 Å². The van der Waals surface area contributed by atoms with E-state index in [1.165, 1.54) is 5.39 Å². The quantitative estimate of drug-likeness (QED) is 0.677. The van der Waals surface area contributed by atoms with Gasteiger partial charge in [-0.15, -0.1) is 0 Å². The maximum Gasteiger partial charge on any atom is 0.153 e. The van der Waals surface area contributed by atoms with Gasteiger partial charge in [0.15, 0.2) is 4.90 Å². The Kier molecular flexibility index (Phi) is 4.13. The van der Waals surface area contributed by atoms with Crippen LogP contribution < -0.4 is 4.74 Å². The van der Waals surface area contributed by atoms with Crippen LogP contribution in [-0.2, 0) is 16.9 Å². The van der Waals surface area contributed by atoms with Crippen LogP contribution in [0, 0.1) is 0 Å². The minimum atomic E-state index is -1.06. The molecule has 0 amide bonds. The summed E-state index contributed by atoms with van der Waals surface area (Å²) in [5.41, 5.74) is 1.01. The van der Waals surface area contributed by atoms with Crippen LogP contribution in [0.4, 0.5) is 0 Å². The summed E-state index contributed by atoms with van der Waals surface area (Å²) < 4.78 is 17.7. The SMILES string of the molecule is COc1cccc(C[S+]([O-])c2ccc3ccccc3c2)c1. The molecule has 0 N–H and O–H groups in total. The van der Waals surface area contributed by atoms with Gasteiger partial charge in [-0.3, -0.25) is 0 Å². The van der Waals surface area contributed by atoms with Gasteiger partial charge in [-0.2, -0.15) is 0 Å². The summed E-state index contributed by atoms with van der Waals surface area (Å²) in [6.45, 7) is 0. The Morgan fingerprint density at radius 2 is 1.71 bits per heavy atom. The van der Waals surface area contributed by atoms with Crippen molar-refractivity contribution in [2.75, 3.05) is 7.11 Å². The molecule has 0 aromatic heterocycles. The molecule has 3 rings (SSSR count). The summed E-state index contributed by atoms with van der Waals surface area (Å²) in [5, 5.41) is 2.29. The van der Waals surface area contributed by atoms with E-state index in [-0.39, 0.29) is 0 Å². The predicted molar refractivity (Wildman–Crippen MR) is 87.1 cm³/mol. The second-order valence-corrected chi connectivity index (χ2v) is 6.30. The van der Waals surface area contributed by atoms with E-state index in [2.05, 4.69) is 6.07 Å². The van der Waals surface area contributed by atoms with Gasteiger partial charge in [0.1, 0.15) is 11.5 Å². The highest BCUT2D eigenvalue weighted by Gasteiger charge is 2.13. The molecular formula is C18H16O2S. The molecule has 0 fully saturated rings. The molecule has 0 aliphatic rings. The van der Waals surface area contributed by atoms with E-state index in [1.807, 2.05) is 60.7 Å². The van der Waals surface area contributed by atoms with E-state index >= 15 is 0 Å². The van der Waals surface area contributed by atoms with Crippen molar-refractivity contribution in [2.45, 2.75) is 10.6 Å². The van der Waals surface area contributed by atoms with Gasteiger partial charge in [-0.25, -0.2) is 0 Å². The van der Waals surface area contributed by atoms with Gasteiger partial charge in [-0.05, 0) is 46.2 Å². The van der Waals surface area contributed by atoms with Crippen molar-refractivity contribution in [2.24, 2.45) is 0 Å². The molecule has 3 heteroatoms. The van der Waals surface area contributed by atoms with Crippen LogP contribution in [0.5, 0.6) is 5.75 Å². The molecule has 0 saturated carbocycles. The lowest BCUT2D eigenvalue weighted by Crippen LogP contribution is -2.05. The highest BCUT2D eigenvalue weighted by Crippen LogP contribution is 2.23. The monoisotopic (exact) mass is 296 g/mol. The van der Waals surface area contributed by atoms with Crippen LogP contribution in [0.25, 0.3) is 10.8 Å². The smallest absolute Gasteiger partial charge is 0.153 e. The lowest BCUT2D eigenvalue weighted by Gasteiger charge is -2.12. The van der Waals surface area contributed by atoms with Crippen molar-refractivity contribution in [1.29, 1.82) is 0 Å². The topological polar surface area (TPSA) is 32.3 Å². The molecule has 21 heavy (non-hydrogen) atoms. The molecule has 0 aliphatic heterocycles. The van der Waals surface area contributed by atoms with Crippen LogP contribution in [-0.4, -0.2) is 11.7 Å². The minimum Gasteiger partial charge on any atom is -0.611 e. The first-order valence-electron chi connectivity index (χ1n) is 6.76. The van der Waals surface area contributed by atoms with Crippen molar-refractivity contribution < 1.29 is 9.29 Å². The molecule has 3 aromatic carbocycles. The Morgan fingerprint density at radius 1 is 0.905 bits per heavy atom. The van der Waals surface area contributed by atoms with Gasteiger partial charge in [-0.1, -0.05) is 36.4 Å². The second kappa shape index (κ2) is 6.20. The summed E-state index contributed by atoms with van der Waals surface area (Å²) >= 11 is -1.06. The Balaban J connectivity index is 1.84. The van der Waals surface area contributed by atoms with Crippen LogP contribution in [0.15, 0.2) is 71.6 Å². The molecule has 1 atom stereocenters. The first-order valence-corrected chi connectivity index (χ1v) is 8.08. The van der Waals surface area contributed by atoms with Crippen LogP contribution in [0.1, 0.15) is 5.56 Å². The van der Waals surface area contributed by atoms with E-state index in [9.17, 15) is 4.55 Å². The number of methoxy groups -OCH3 is 1. The first-order chi connectivity index (χ1) is 10.3. The van der Waals surface area contributed by atoms with Gasteiger partial charge in [0.2, 0.25) is 0 Å². The standard InChI is InChI=1S/C18H16O2S/c1-20-17-8-4-5-14(11-17)13-21(19)18-10-9-15-6-2-3-7-16(15)12-18/h2-12H,13H2,1H3. The fourth-order valence-electron chi connectivity index (χ4n) is 2.31. The number of hydrogen-bond donors (Lipinski definition) is 0. The zero-order chi connectivity index (χ0) is 14.7. The Labute approximate surface area is 127 Å². The van der Waals surface area contributed by atoms with Crippen molar-refractivity contribution in [3.8, 4) is 5.75 Å². The average Bonchev–Trinajstić information content (AvgIpc) is 2.54. The third-order valence-electron chi connectivity index (χ3n) is 3.42. The van der Waals surface area contributed by atoms with Crippen LogP contribution in [0.2, 0.25) is 0 Å². The average molecular weight is 296 g/mol. The molecule has 0 spiro atoms. The van der Waals surface area contributed by atoms with E-state index in [0.29, 0.717) is 5.75 Å². The zero-order valence-electron chi connectivity index (χ0n) is 11.8. The van der Waals surface area contributed by atoms with Gasteiger partial charge >= 0.3 is 0 Å². The molecule has 0 saturated heterocycles. The summed E-state index contributed by atoms with van der Waals surface area (Å²) in [5.74, 6) is 1.29. The first kappa shape index (κ1) is 14.0. The Bertz CT molecular complexity index is 755. The minimum absolute atomic E-state index is 0.496. The Morgan fingerprint density at radius 3 is 2.52 bits per heavy atom. The lowest BCUT2D eigenvalue weighted by molar-refractivity contribution is 0.414. The third kappa shape index (κ3) is 3.20. The molecule has 0 radical (unpaired) electrons. The van der Waals surface area contributed by atoms with Crippen LogP contribution in [0.3, 0.4) is 0 Å². The highest BCUT2D eigenvalue weighted by atomic mass is 32.2. The van der Waals surface area contributed by atoms with Gasteiger partial charge < -0.3 is 9.29 Å². The lowest BCUT2D eigenvalue weighted by atomic mass is 10.1. The van der Waals surface area contributed by atoms with Crippen molar-refractivity contribution in [3.63, 3.8) is 0 Å². The summed E-state index contributed by atoms with van der Waals surface area (Å²) in [7, 11) is 1.64. The summed E-state index contributed by atoms with van der Waals surface area (Å²) in [4.78, 5) is 0.858. The molecule has 0 heterocycles. The highest BCUT2D eigenvalue weighted by molar-refractivity contribution is 7.90. The molecule has 1 unspecified atom stereocenters. The molecule has 0 aliphatic carbocycles. The molecule has 2 nitrogen and oxygen atoms in total. The van der Waals surface area contributed by atoms with E-state index in [0.717, 1.165) is 21.6 Å². The fourth-order valence-corrected chi connectivity index (χ4v) is 3.43. The molecular weight excluding hydrogens is 280 g/mol. The van der Waals surface area contributed by atoms with E-state index < -0.39 is 11.2 Å². The maximum atomic E-state index is 12.5. The van der Waals surface area contributed by atoms with Crippen LogP contribution >= 0.6 is 0 Å². The number of benzene rings is 3. The summed E-state index contributed by atoms with van der Waals surface area (Å²) in [6.07, 6.45) is 0. The summed E-state index contributed by atoms with van der Waals surface area (Å²) in [6, 6.07) is 21.8. The van der Waals surface area contributed by atoms with Crippen molar-refractivity contribution in [1.82, 2.24) is 0 Å². The number of hydrogen-bond acceptors (Lipinski definition) is 2. The normalized spacial score (nSPS) is 12.3. The molecule has 106 valence electrons. The molecule has 0 bridgehead atoms. The number of fused-ring (bicyclic) bond motifs is 1. The van der Waals surface area contributed by atoms with Crippen molar-refractivity contribution in [3.05, 3.63) is 72.3 Å². The van der Waals surface area contributed by atoms with Crippen molar-refractivity contribution >= 4 is 21.9 Å².